The number of hydrogen-bond donors (Lipinski definition) is 13. The van der Waals surface area contributed by atoms with Gasteiger partial charge < -0.3 is 137 Å². The lowest BCUT2D eigenvalue weighted by atomic mass is 9.93. The minimum absolute atomic E-state index is 0.0918. The Morgan fingerprint density at radius 3 is 0.588 bits per heavy atom. The van der Waals surface area contributed by atoms with Crippen molar-refractivity contribution in [3.63, 3.8) is 0 Å². The van der Waals surface area contributed by atoms with Gasteiger partial charge in [0.15, 0.2) is 44.0 Å². The van der Waals surface area contributed by atoms with E-state index >= 15 is 0 Å². The van der Waals surface area contributed by atoms with E-state index in [-0.39, 0.29) is 51.6 Å². The summed E-state index contributed by atoms with van der Waals surface area (Å²) in [6.45, 7) is 13.8. The summed E-state index contributed by atoms with van der Waals surface area (Å²) in [6, 6.07) is 0. The second-order valence-electron chi connectivity index (χ2n) is 22.1. The maximum Gasteiger partial charge on any atom is 0.187 e. The molecule has 21 fully saturated rings. The van der Waals surface area contributed by atoms with Crippen molar-refractivity contribution in [2.24, 2.45) is 0 Å². The van der Waals surface area contributed by atoms with Gasteiger partial charge >= 0.3 is 0 Å². The quantitative estimate of drug-likeness (QED) is 0.0995. The van der Waals surface area contributed by atoms with Crippen molar-refractivity contribution in [1.29, 1.82) is 0 Å². The van der Waals surface area contributed by atoms with Gasteiger partial charge in [0.05, 0.1) is 42.7 Å². The Hall–Kier alpha value is -1.12. The molecule has 0 saturated carbocycles. The zero-order chi connectivity index (χ0) is 58.2. The van der Waals surface area contributed by atoms with Gasteiger partial charge in [-0.05, 0) is 51.4 Å². The van der Waals surface area contributed by atoms with E-state index in [0.29, 0.717) is 6.42 Å². The molecule has 21 rings (SSSR count). The highest BCUT2D eigenvalue weighted by Gasteiger charge is 2.59. The van der Waals surface area contributed by atoms with E-state index in [4.69, 9.17) is 71.1 Å². The molecule has 35 unspecified atom stereocenters. The minimum atomic E-state index is -1.89. The normalized spacial score (nSPS) is 53.7. The van der Waals surface area contributed by atoms with Crippen LogP contribution in [0.1, 0.15) is 107 Å². The molecule has 21 heterocycles. The fourth-order valence-electron chi connectivity index (χ4n) is 12.1. The lowest BCUT2D eigenvalue weighted by Crippen LogP contribution is -2.67. The Morgan fingerprint density at radius 1 is 0.225 bits per heavy atom. The number of aliphatic hydroxyl groups excluding tert-OH is 13. The number of ether oxygens (including phenoxy) is 15. The number of rotatable bonds is 10. The molecule has 0 aromatic carbocycles. The number of aliphatic hydroxyl groups is 13. The molecule has 14 bridgehead atoms. The van der Waals surface area contributed by atoms with Crippen molar-refractivity contribution in [3.8, 4) is 0 Å². The van der Waals surface area contributed by atoms with Crippen molar-refractivity contribution in [2.45, 2.75) is 322 Å². The van der Waals surface area contributed by atoms with Gasteiger partial charge in [0.2, 0.25) is 0 Å². The predicted octanol–water partition coefficient (Wildman–Crippen LogP) is -3.87. The third-order valence-corrected chi connectivity index (χ3v) is 16.8. The Bertz CT molecular complexity index is 1870. The molecule has 28 heteroatoms. The molecule has 0 radical (unpaired) electrons. The van der Waals surface area contributed by atoms with Crippen LogP contribution in [0.5, 0.6) is 0 Å². The molecule has 0 amide bonds. The fourth-order valence-corrected chi connectivity index (χ4v) is 12.1. The first-order chi connectivity index (χ1) is 38.2. The molecular weight excluding hydrogens is 1070 g/mol. The van der Waals surface area contributed by atoms with Gasteiger partial charge in [0.25, 0.3) is 0 Å². The van der Waals surface area contributed by atoms with Crippen LogP contribution in [0, 0.1) is 0 Å². The van der Waals surface area contributed by atoms with Crippen LogP contribution < -0.4 is 0 Å². The van der Waals surface area contributed by atoms with E-state index in [9.17, 15) is 66.4 Å². The summed E-state index contributed by atoms with van der Waals surface area (Å²) in [7, 11) is 0. The van der Waals surface area contributed by atoms with E-state index < -0.39 is 215 Å². The Kier molecular flexibility index (Phi) is 22.8. The van der Waals surface area contributed by atoms with Gasteiger partial charge in [-0.25, -0.2) is 0 Å². The van der Waals surface area contributed by atoms with E-state index in [2.05, 4.69) is 0 Å². The summed E-state index contributed by atoms with van der Waals surface area (Å²) in [5.41, 5.74) is 0. The second kappa shape index (κ2) is 28.1. The van der Waals surface area contributed by atoms with Crippen LogP contribution in [-0.4, -0.2) is 288 Å². The average molecular weight is 1160 g/mol. The molecule has 21 saturated heterocycles. The van der Waals surface area contributed by atoms with Gasteiger partial charge in [0.1, 0.15) is 128 Å². The Balaban J connectivity index is 1.09. The van der Waals surface area contributed by atoms with Crippen LogP contribution in [0.4, 0.5) is 0 Å². The number of hydrogen-bond acceptors (Lipinski definition) is 28. The van der Waals surface area contributed by atoms with Crippen molar-refractivity contribution in [1.82, 2.24) is 0 Å². The van der Waals surface area contributed by atoms with E-state index in [1.807, 2.05) is 6.92 Å². The fraction of sp³-hybridized carbons (Fsp3) is 1.00. The highest BCUT2D eigenvalue weighted by atomic mass is 16.8. The smallest absolute Gasteiger partial charge is 0.187 e. The first-order valence-electron chi connectivity index (χ1n) is 28.8. The molecule has 28 nitrogen and oxygen atoms in total. The Morgan fingerprint density at radius 2 is 0.400 bits per heavy atom. The molecule has 80 heavy (non-hydrogen) atoms. The molecule has 0 aromatic rings. The van der Waals surface area contributed by atoms with Crippen LogP contribution in [0.15, 0.2) is 0 Å². The minimum Gasteiger partial charge on any atom is -0.387 e. The van der Waals surface area contributed by atoms with Crippen molar-refractivity contribution in [2.75, 3.05) is 6.61 Å². The molecule has 13 N–H and O–H groups in total. The third-order valence-electron chi connectivity index (χ3n) is 16.8. The summed E-state index contributed by atoms with van der Waals surface area (Å²) in [6.07, 6.45) is -51.8. The molecule has 35 atom stereocenters. The summed E-state index contributed by atoms with van der Waals surface area (Å²) in [5.74, 6) is 0. The summed E-state index contributed by atoms with van der Waals surface area (Å²) >= 11 is 0. The molecule has 21 aliphatic heterocycles. The van der Waals surface area contributed by atoms with Crippen LogP contribution >= 0.6 is 0 Å². The first kappa shape index (κ1) is 64.9. The van der Waals surface area contributed by atoms with Crippen LogP contribution in [0.25, 0.3) is 0 Å². The molecule has 466 valence electrons. The van der Waals surface area contributed by atoms with Gasteiger partial charge in [0, 0.05) is 6.61 Å². The second-order valence-corrected chi connectivity index (χ2v) is 22.1. The van der Waals surface area contributed by atoms with E-state index in [0.717, 1.165) is 0 Å². The highest BCUT2D eigenvalue weighted by Crippen LogP contribution is 2.41. The maximum atomic E-state index is 12.1. The first-order valence-corrected chi connectivity index (χ1v) is 28.8. The van der Waals surface area contributed by atoms with Gasteiger partial charge in [-0.2, -0.15) is 0 Å². The van der Waals surface area contributed by atoms with Crippen LogP contribution in [-0.2, 0) is 71.1 Å². The molecule has 0 spiro atoms. The molecule has 0 aliphatic carbocycles. The van der Waals surface area contributed by atoms with Crippen LogP contribution in [0.3, 0.4) is 0 Å². The van der Waals surface area contributed by atoms with Gasteiger partial charge in [-0.1, -0.05) is 55.4 Å². The molecular formula is C52H90O28. The van der Waals surface area contributed by atoms with Gasteiger partial charge in [-0.15, -0.1) is 0 Å². The molecule has 21 aliphatic rings. The summed E-state index contributed by atoms with van der Waals surface area (Å²) in [5, 5.41) is 152. The monoisotopic (exact) mass is 1160 g/mol. The third kappa shape index (κ3) is 13.0. The van der Waals surface area contributed by atoms with E-state index in [1.165, 1.54) is 0 Å². The average Bonchev–Trinajstić information content (AvgIpc) is 3.45. The largest absolute Gasteiger partial charge is 0.387 e. The highest BCUT2D eigenvalue weighted by molar-refractivity contribution is 5.01. The molecule has 0 aromatic heterocycles. The van der Waals surface area contributed by atoms with Crippen molar-refractivity contribution in [3.05, 3.63) is 0 Å². The van der Waals surface area contributed by atoms with Crippen molar-refractivity contribution < 1.29 is 137 Å². The predicted molar refractivity (Wildman–Crippen MR) is 265 cm³/mol. The Labute approximate surface area is 464 Å². The lowest BCUT2D eigenvalue weighted by molar-refractivity contribution is -0.395. The topological polar surface area (TPSA) is 401 Å². The standard InChI is InChI=1S/C52H90O28/c1-9-17-66-45-37(65)44-24(16-8)73-52(45)80-43-23(15-7)72-50(36(64)30(43)58)78-41-21(13-5)70-48(34(62)28(41)56)76-39-19(11-3)68-46(32(60)26(39)54)74-38-18(10-2)67-47(31(59)25(38)53)75-40-20(12-4)69-49(33(61)27(40)55)77-42-22(14-6)71-51(79-44)35(63)29(42)57/h18-65H,9-17H2,1-8H3. The SMILES string of the molecule is CCCOC1C2OC(CC)C(OC3OC(CC)C(OC4OC(CC)C(OC5OC(CC)C(OC6OC(CC)C(OC7OC(CC)C(OC8OC(CC)C(O2)C(O)C8O)C(O)C7O)C(O)C6O)C(O)C5O)C(O)C4O)C(O)C3O)C1O. The summed E-state index contributed by atoms with van der Waals surface area (Å²) < 4.78 is 92.9. The maximum absolute atomic E-state index is 12.1. The zero-order valence-corrected chi connectivity index (χ0v) is 46.5. The van der Waals surface area contributed by atoms with E-state index in [1.54, 1.807) is 48.5 Å². The van der Waals surface area contributed by atoms with Crippen molar-refractivity contribution >= 4 is 0 Å². The summed E-state index contributed by atoms with van der Waals surface area (Å²) in [4.78, 5) is 0. The van der Waals surface area contributed by atoms with Crippen LogP contribution in [0.2, 0.25) is 0 Å². The zero-order valence-electron chi connectivity index (χ0n) is 46.5. The van der Waals surface area contributed by atoms with Gasteiger partial charge in [-0.3, -0.25) is 0 Å². The lowest BCUT2D eigenvalue weighted by Gasteiger charge is -2.51.